The maximum absolute atomic E-state index is 5.96. The molecule has 0 aromatic carbocycles. The molecular formula is C13H22N2O2S. The minimum Gasteiger partial charge on any atom is -0.381 e. The van der Waals surface area contributed by atoms with E-state index in [1.165, 1.54) is 17.7 Å². The molecule has 2 unspecified atom stereocenters. The first-order valence-corrected chi connectivity index (χ1v) is 7.46. The molecule has 2 rings (SSSR count). The molecule has 0 spiro atoms. The molecule has 1 fully saturated rings. The smallest absolute Gasteiger partial charge is 0.182 e. The van der Waals surface area contributed by atoms with Gasteiger partial charge in [-0.2, -0.15) is 0 Å². The molecule has 0 saturated heterocycles. The Morgan fingerprint density at radius 3 is 3.06 bits per heavy atom. The highest BCUT2D eigenvalue weighted by molar-refractivity contribution is 7.15. The molecule has 1 aliphatic rings. The van der Waals surface area contributed by atoms with E-state index in [4.69, 9.17) is 9.47 Å². The molecular weight excluding hydrogens is 248 g/mol. The summed E-state index contributed by atoms with van der Waals surface area (Å²) >= 11 is 1.67. The van der Waals surface area contributed by atoms with Crippen molar-refractivity contribution >= 4 is 16.5 Å². The molecule has 1 aromatic rings. The molecule has 0 amide bonds. The Kier molecular flexibility index (Phi) is 5.41. The Bertz CT molecular complexity index is 357. The van der Waals surface area contributed by atoms with Gasteiger partial charge in [0.2, 0.25) is 0 Å². The van der Waals surface area contributed by atoms with E-state index in [0.29, 0.717) is 18.8 Å². The van der Waals surface area contributed by atoms with Crippen LogP contribution in [0.1, 0.15) is 37.5 Å². The zero-order valence-electron chi connectivity index (χ0n) is 11.1. The normalized spacial score (nSPS) is 24.1. The van der Waals surface area contributed by atoms with Crippen LogP contribution in [0.5, 0.6) is 0 Å². The number of anilines is 1. The first-order valence-electron chi connectivity index (χ1n) is 6.64. The van der Waals surface area contributed by atoms with Gasteiger partial charge in [0.15, 0.2) is 5.13 Å². The lowest BCUT2D eigenvalue weighted by Crippen LogP contribution is -2.27. The summed E-state index contributed by atoms with van der Waals surface area (Å²) in [6.07, 6.45) is 7.17. The van der Waals surface area contributed by atoms with Crippen LogP contribution in [-0.2, 0) is 16.1 Å². The topological polar surface area (TPSA) is 43.4 Å². The summed E-state index contributed by atoms with van der Waals surface area (Å²) < 4.78 is 11.4. The fourth-order valence-electron chi connectivity index (χ4n) is 2.27. The van der Waals surface area contributed by atoms with E-state index in [2.05, 4.69) is 17.2 Å². The number of rotatable bonds is 6. The number of methoxy groups -OCH3 is 1. The average molecular weight is 270 g/mol. The molecule has 1 saturated carbocycles. The molecule has 0 bridgehead atoms. The van der Waals surface area contributed by atoms with Crippen LogP contribution in [0.15, 0.2) is 6.20 Å². The summed E-state index contributed by atoms with van der Waals surface area (Å²) in [5, 5.41) is 4.19. The molecule has 1 heterocycles. The first-order chi connectivity index (χ1) is 8.81. The van der Waals surface area contributed by atoms with Gasteiger partial charge in [-0.3, -0.25) is 0 Å². The van der Waals surface area contributed by atoms with Crippen molar-refractivity contribution in [2.24, 2.45) is 0 Å². The lowest BCUT2D eigenvalue weighted by atomic mass is 9.95. The maximum Gasteiger partial charge on any atom is 0.182 e. The Balaban J connectivity index is 1.76. The van der Waals surface area contributed by atoms with E-state index in [9.17, 15) is 0 Å². The van der Waals surface area contributed by atoms with Crippen molar-refractivity contribution in [2.45, 2.75) is 51.4 Å². The van der Waals surface area contributed by atoms with E-state index >= 15 is 0 Å². The summed E-state index contributed by atoms with van der Waals surface area (Å²) in [7, 11) is 1.79. The number of thiazole rings is 1. The lowest BCUT2D eigenvalue weighted by molar-refractivity contribution is -0.0356. The van der Waals surface area contributed by atoms with Crippen molar-refractivity contribution in [1.29, 1.82) is 0 Å². The average Bonchev–Trinajstić information content (AvgIpc) is 2.85. The number of hydrogen-bond donors (Lipinski definition) is 1. The first kappa shape index (κ1) is 13.8. The number of nitrogens with one attached hydrogen (secondary N) is 1. The fourth-order valence-corrected chi connectivity index (χ4v) is 3.08. The van der Waals surface area contributed by atoms with Gasteiger partial charge < -0.3 is 14.8 Å². The highest BCUT2D eigenvalue weighted by atomic mass is 32.1. The van der Waals surface area contributed by atoms with E-state index in [0.717, 1.165) is 24.5 Å². The zero-order valence-corrected chi connectivity index (χ0v) is 12.0. The van der Waals surface area contributed by atoms with E-state index in [1.807, 2.05) is 6.20 Å². The van der Waals surface area contributed by atoms with Crippen molar-refractivity contribution in [3.8, 4) is 0 Å². The number of aromatic nitrogens is 1. The van der Waals surface area contributed by atoms with Crippen molar-refractivity contribution in [1.82, 2.24) is 4.98 Å². The molecule has 2 atom stereocenters. The third kappa shape index (κ3) is 3.93. The van der Waals surface area contributed by atoms with E-state index in [-0.39, 0.29) is 0 Å². The van der Waals surface area contributed by atoms with Crippen molar-refractivity contribution in [3.63, 3.8) is 0 Å². The number of hydrogen-bond acceptors (Lipinski definition) is 5. The molecule has 102 valence electrons. The molecule has 4 nitrogen and oxygen atoms in total. The van der Waals surface area contributed by atoms with E-state index in [1.54, 1.807) is 18.4 Å². The van der Waals surface area contributed by atoms with Gasteiger partial charge in [0.05, 0.1) is 23.7 Å². The maximum atomic E-state index is 5.96. The largest absolute Gasteiger partial charge is 0.381 e. The zero-order chi connectivity index (χ0) is 12.8. The minimum absolute atomic E-state index is 0.341. The summed E-state index contributed by atoms with van der Waals surface area (Å²) in [6.45, 7) is 3.65. The summed E-state index contributed by atoms with van der Waals surface area (Å²) in [5.74, 6) is 0. The summed E-state index contributed by atoms with van der Waals surface area (Å²) in [5.41, 5.74) is 0. The van der Waals surface area contributed by atoms with Gasteiger partial charge in [0.25, 0.3) is 0 Å². The highest BCUT2D eigenvalue weighted by Gasteiger charge is 2.22. The Morgan fingerprint density at radius 1 is 1.44 bits per heavy atom. The van der Waals surface area contributed by atoms with Crippen LogP contribution in [-0.4, -0.2) is 30.8 Å². The Labute approximate surface area is 113 Å². The van der Waals surface area contributed by atoms with Gasteiger partial charge in [0.1, 0.15) is 0 Å². The second kappa shape index (κ2) is 7.07. The molecule has 0 radical (unpaired) electrons. The van der Waals surface area contributed by atoms with Gasteiger partial charge in [-0.1, -0.05) is 11.3 Å². The van der Waals surface area contributed by atoms with Crippen LogP contribution >= 0.6 is 11.3 Å². The lowest BCUT2D eigenvalue weighted by Gasteiger charge is -2.27. The van der Waals surface area contributed by atoms with Crippen LogP contribution in [0, 0.1) is 0 Å². The molecule has 1 N–H and O–H groups in total. The van der Waals surface area contributed by atoms with Gasteiger partial charge in [-0.25, -0.2) is 4.98 Å². The predicted molar refractivity (Wildman–Crippen MR) is 74.1 cm³/mol. The van der Waals surface area contributed by atoms with E-state index < -0.39 is 0 Å². The SMILES string of the molecule is CCNc1ncc(COC2CCCC(OC)C2)s1. The van der Waals surface area contributed by atoms with Gasteiger partial charge >= 0.3 is 0 Å². The van der Waals surface area contributed by atoms with Crippen LogP contribution in [0.2, 0.25) is 0 Å². The van der Waals surface area contributed by atoms with Gasteiger partial charge in [-0.05, 0) is 32.6 Å². The predicted octanol–water partition coefficient (Wildman–Crippen LogP) is 3.05. The monoisotopic (exact) mass is 270 g/mol. The molecule has 0 aliphatic heterocycles. The Hall–Kier alpha value is -0.650. The third-order valence-corrected chi connectivity index (χ3v) is 4.18. The quantitative estimate of drug-likeness (QED) is 0.863. The van der Waals surface area contributed by atoms with Crippen molar-refractivity contribution in [3.05, 3.63) is 11.1 Å². The number of ether oxygens (including phenoxy) is 2. The summed E-state index contributed by atoms with van der Waals surface area (Å²) in [6, 6.07) is 0. The summed E-state index contributed by atoms with van der Waals surface area (Å²) in [4.78, 5) is 5.49. The van der Waals surface area contributed by atoms with Crippen LogP contribution in [0.4, 0.5) is 5.13 Å². The molecule has 1 aromatic heterocycles. The number of nitrogens with zero attached hydrogens (tertiary/aromatic N) is 1. The second-order valence-corrected chi connectivity index (χ2v) is 5.73. The van der Waals surface area contributed by atoms with Crippen molar-refractivity contribution in [2.75, 3.05) is 19.0 Å². The fraction of sp³-hybridized carbons (Fsp3) is 0.769. The standard InChI is InChI=1S/C13H22N2O2S/c1-3-14-13-15-8-12(18-13)9-17-11-6-4-5-10(7-11)16-2/h8,10-11H,3-7,9H2,1-2H3,(H,14,15). The van der Waals surface area contributed by atoms with Gasteiger partial charge in [-0.15, -0.1) is 0 Å². The second-order valence-electron chi connectivity index (χ2n) is 4.62. The van der Waals surface area contributed by atoms with Crippen LogP contribution < -0.4 is 5.32 Å². The van der Waals surface area contributed by atoms with Crippen LogP contribution in [0.25, 0.3) is 0 Å². The Morgan fingerprint density at radius 2 is 2.28 bits per heavy atom. The highest BCUT2D eigenvalue weighted by Crippen LogP contribution is 2.25. The third-order valence-electron chi connectivity index (χ3n) is 3.25. The minimum atomic E-state index is 0.341. The molecule has 1 aliphatic carbocycles. The molecule has 5 heteroatoms. The van der Waals surface area contributed by atoms with Crippen molar-refractivity contribution < 1.29 is 9.47 Å². The molecule has 18 heavy (non-hydrogen) atoms. The van der Waals surface area contributed by atoms with Crippen LogP contribution in [0.3, 0.4) is 0 Å². The van der Waals surface area contributed by atoms with Gasteiger partial charge in [0, 0.05) is 19.9 Å².